The number of carbonyl (C=O) groups excluding carboxylic acids is 1. The van der Waals surface area contributed by atoms with Gasteiger partial charge in [-0.15, -0.1) is 0 Å². The van der Waals surface area contributed by atoms with Crippen molar-refractivity contribution in [3.8, 4) is 0 Å². The standard InChI is InChI=1S/C11H10ClNO2/c12-10-2-1-9(13)6-8(10)5-7-3-4-15-11(7)14/h1-2,5-6H,3-4,13H2. The van der Waals surface area contributed by atoms with Crippen molar-refractivity contribution >= 4 is 29.3 Å². The highest BCUT2D eigenvalue weighted by atomic mass is 35.5. The fraction of sp³-hybridized carbons (Fsp3) is 0.182. The maximum atomic E-state index is 11.2. The van der Waals surface area contributed by atoms with Crippen molar-refractivity contribution in [1.29, 1.82) is 0 Å². The molecular weight excluding hydrogens is 214 g/mol. The summed E-state index contributed by atoms with van der Waals surface area (Å²) in [5.41, 5.74) is 7.65. The van der Waals surface area contributed by atoms with Gasteiger partial charge in [0.25, 0.3) is 0 Å². The number of hydrogen-bond acceptors (Lipinski definition) is 3. The maximum absolute atomic E-state index is 11.2. The number of ether oxygens (including phenoxy) is 1. The van der Waals surface area contributed by atoms with Crippen molar-refractivity contribution < 1.29 is 9.53 Å². The summed E-state index contributed by atoms with van der Waals surface area (Å²) in [6.07, 6.45) is 2.36. The molecule has 2 rings (SSSR count). The van der Waals surface area contributed by atoms with E-state index in [1.165, 1.54) is 0 Å². The van der Waals surface area contributed by atoms with Crippen LogP contribution in [0.25, 0.3) is 6.08 Å². The first-order valence-corrected chi connectivity index (χ1v) is 4.97. The topological polar surface area (TPSA) is 52.3 Å². The van der Waals surface area contributed by atoms with Crippen LogP contribution in [0.1, 0.15) is 12.0 Å². The van der Waals surface area contributed by atoms with E-state index in [2.05, 4.69) is 0 Å². The number of rotatable bonds is 1. The number of anilines is 1. The predicted octanol–water partition coefficient (Wildman–Crippen LogP) is 2.25. The van der Waals surface area contributed by atoms with Gasteiger partial charge in [0.15, 0.2) is 0 Å². The van der Waals surface area contributed by atoms with E-state index < -0.39 is 0 Å². The Bertz CT molecular complexity index is 440. The third-order valence-corrected chi connectivity index (χ3v) is 2.56. The number of nitrogens with two attached hydrogens (primary N) is 1. The predicted molar refractivity (Wildman–Crippen MR) is 59.4 cm³/mol. The fourth-order valence-electron chi connectivity index (χ4n) is 1.44. The van der Waals surface area contributed by atoms with Gasteiger partial charge in [0.05, 0.1) is 6.61 Å². The second-order valence-corrected chi connectivity index (χ2v) is 3.74. The highest BCUT2D eigenvalue weighted by Gasteiger charge is 2.18. The first kappa shape index (κ1) is 10.1. The van der Waals surface area contributed by atoms with E-state index in [9.17, 15) is 4.79 Å². The molecule has 2 N–H and O–H groups in total. The second-order valence-electron chi connectivity index (χ2n) is 3.34. The number of halogens is 1. The molecule has 3 nitrogen and oxygen atoms in total. The molecule has 1 aliphatic rings. The van der Waals surface area contributed by atoms with E-state index in [0.717, 1.165) is 5.56 Å². The molecule has 0 atom stereocenters. The lowest BCUT2D eigenvalue weighted by Gasteiger charge is -2.00. The number of carbonyl (C=O) groups is 1. The zero-order valence-corrected chi connectivity index (χ0v) is 8.75. The third kappa shape index (κ3) is 2.13. The van der Waals surface area contributed by atoms with Gasteiger partial charge in [0.1, 0.15) is 0 Å². The molecule has 0 radical (unpaired) electrons. The molecule has 1 saturated heterocycles. The number of cyclic esters (lactones) is 1. The van der Waals surface area contributed by atoms with E-state index >= 15 is 0 Å². The van der Waals surface area contributed by atoms with Crippen LogP contribution in [0.4, 0.5) is 5.69 Å². The molecule has 15 heavy (non-hydrogen) atoms. The Balaban J connectivity index is 2.38. The number of nitrogen functional groups attached to an aromatic ring is 1. The molecule has 0 unspecified atom stereocenters. The molecule has 0 aromatic heterocycles. The molecular formula is C11H10ClNO2. The van der Waals surface area contributed by atoms with Gasteiger partial charge in [-0.25, -0.2) is 4.79 Å². The lowest BCUT2D eigenvalue weighted by molar-refractivity contribution is -0.134. The molecule has 1 heterocycles. The third-order valence-electron chi connectivity index (χ3n) is 2.22. The molecule has 1 aliphatic heterocycles. The summed E-state index contributed by atoms with van der Waals surface area (Å²) in [4.78, 5) is 11.2. The Hall–Kier alpha value is -1.48. The van der Waals surface area contributed by atoms with Gasteiger partial charge < -0.3 is 10.5 Å². The molecule has 0 spiro atoms. The molecule has 0 bridgehead atoms. The lowest BCUT2D eigenvalue weighted by atomic mass is 10.1. The molecule has 0 amide bonds. The second kappa shape index (κ2) is 3.95. The zero-order chi connectivity index (χ0) is 10.8. The molecule has 0 aliphatic carbocycles. The first-order chi connectivity index (χ1) is 7.16. The van der Waals surface area contributed by atoms with Gasteiger partial charge in [-0.3, -0.25) is 0 Å². The van der Waals surface area contributed by atoms with Gasteiger partial charge in [0.2, 0.25) is 0 Å². The zero-order valence-electron chi connectivity index (χ0n) is 8.00. The Kier molecular flexibility index (Phi) is 2.64. The fourth-order valence-corrected chi connectivity index (χ4v) is 1.61. The summed E-state index contributed by atoms with van der Waals surface area (Å²) < 4.78 is 4.83. The van der Waals surface area contributed by atoms with Crippen molar-refractivity contribution in [3.63, 3.8) is 0 Å². The van der Waals surface area contributed by atoms with Crippen LogP contribution in [-0.4, -0.2) is 12.6 Å². The SMILES string of the molecule is Nc1ccc(Cl)c(C=C2CCOC2=O)c1. The van der Waals surface area contributed by atoms with Crippen LogP contribution in [-0.2, 0) is 9.53 Å². The van der Waals surface area contributed by atoms with Gasteiger partial charge in [0, 0.05) is 22.7 Å². The van der Waals surface area contributed by atoms with Crippen LogP contribution >= 0.6 is 11.6 Å². The van der Waals surface area contributed by atoms with Gasteiger partial charge in [-0.1, -0.05) is 11.6 Å². The summed E-state index contributed by atoms with van der Waals surface area (Å²) in [6.45, 7) is 0.449. The minimum atomic E-state index is -0.270. The van der Waals surface area contributed by atoms with Crippen molar-refractivity contribution in [3.05, 3.63) is 34.4 Å². The van der Waals surface area contributed by atoms with E-state index in [4.69, 9.17) is 22.1 Å². The largest absolute Gasteiger partial charge is 0.462 e. The highest BCUT2D eigenvalue weighted by molar-refractivity contribution is 6.32. The summed E-state index contributed by atoms with van der Waals surface area (Å²) in [5.74, 6) is -0.270. The van der Waals surface area contributed by atoms with Crippen molar-refractivity contribution in [2.75, 3.05) is 12.3 Å². The normalized spacial score (nSPS) is 18.2. The Morgan fingerprint density at radius 1 is 1.47 bits per heavy atom. The average molecular weight is 224 g/mol. The van der Waals surface area contributed by atoms with Crippen molar-refractivity contribution in [2.45, 2.75) is 6.42 Å². The molecule has 1 fully saturated rings. The van der Waals surface area contributed by atoms with Gasteiger partial charge in [-0.05, 0) is 29.8 Å². The highest BCUT2D eigenvalue weighted by Crippen LogP contribution is 2.24. The van der Waals surface area contributed by atoms with E-state index in [1.807, 2.05) is 0 Å². The summed E-state index contributed by atoms with van der Waals surface area (Å²) >= 11 is 5.97. The Morgan fingerprint density at radius 2 is 2.27 bits per heavy atom. The van der Waals surface area contributed by atoms with Crippen LogP contribution in [0.15, 0.2) is 23.8 Å². The Labute approximate surface area is 92.5 Å². The maximum Gasteiger partial charge on any atom is 0.334 e. The number of benzene rings is 1. The van der Waals surface area contributed by atoms with E-state index in [1.54, 1.807) is 24.3 Å². The van der Waals surface area contributed by atoms with Crippen LogP contribution < -0.4 is 5.73 Å². The molecule has 1 aromatic carbocycles. The van der Waals surface area contributed by atoms with Crippen molar-refractivity contribution in [2.24, 2.45) is 0 Å². The van der Waals surface area contributed by atoms with Gasteiger partial charge in [-0.2, -0.15) is 0 Å². The summed E-state index contributed by atoms with van der Waals surface area (Å²) in [6, 6.07) is 5.17. The molecule has 78 valence electrons. The molecule has 4 heteroatoms. The minimum absolute atomic E-state index is 0.270. The van der Waals surface area contributed by atoms with E-state index in [0.29, 0.717) is 29.3 Å². The average Bonchev–Trinajstić information content (AvgIpc) is 2.58. The Morgan fingerprint density at radius 3 is 2.93 bits per heavy atom. The lowest BCUT2D eigenvalue weighted by Crippen LogP contribution is -1.94. The quantitative estimate of drug-likeness (QED) is 0.451. The number of esters is 1. The van der Waals surface area contributed by atoms with E-state index in [-0.39, 0.29) is 5.97 Å². The smallest absolute Gasteiger partial charge is 0.334 e. The van der Waals surface area contributed by atoms with Gasteiger partial charge >= 0.3 is 5.97 Å². The molecule has 1 aromatic rings. The number of hydrogen-bond donors (Lipinski definition) is 1. The van der Waals surface area contributed by atoms with Crippen molar-refractivity contribution in [1.82, 2.24) is 0 Å². The first-order valence-electron chi connectivity index (χ1n) is 4.59. The van der Waals surface area contributed by atoms with Crippen LogP contribution in [0.3, 0.4) is 0 Å². The minimum Gasteiger partial charge on any atom is -0.462 e. The van der Waals surface area contributed by atoms with Crippen LogP contribution in [0.2, 0.25) is 5.02 Å². The monoisotopic (exact) mass is 223 g/mol. The molecule has 0 saturated carbocycles. The summed E-state index contributed by atoms with van der Waals surface area (Å²) in [7, 11) is 0. The van der Waals surface area contributed by atoms with Crippen LogP contribution in [0.5, 0.6) is 0 Å². The summed E-state index contributed by atoms with van der Waals surface area (Å²) in [5, 5.41) is 0.580. The van der Waals surface area contributed by atoms with Crippen LogP contribution in [0, 0.1) is 0 Å².